The number of aryl methyl sites for hydroxylation is 1. The number of aromatic amines is 1. The van der Waals surface area contributed by atoms with E-state index in [4.69, 9.17) is 23.2 Å². The molecule has 16 heavy (non-hydrogen) atoms. The molecule has 0 unspecified atom stereocenters. The molecule has 0 aliphatic rings. The van der Waals surface area contributed by atoms with E-state index in [-0.39, 0.29) is 11.4 Å². The minimum atomic E-state index is -0.399. The zero-order valence-corrected chi connectivity index (χ0v) is 9.80. The summed E-state index contributed by atoms with van der Waals surface area (Å²) in [5.74, 6) is -0.158. The molecular formula is C10H8Cl2N2O2. The highest BCUT2D eigenvalue weighted by Gasteiger charge is 2.16. The Hall–Kier alpha value is -1.39. The average molecular weight is 259 g/mol. The van der Waals surface area contributed by atoms with E-state index in [2.05, 4.69) is 5.10 Å². The second-order valence-electron chi connectivity index (χ2n) is 3.32. The van der Waals surface area contributed by atoms with Gasteiger partial charge in [-0.2, -0.15) is 0 Å². The lowest BCUT2D eigenvalue weighted by Crippen LogP contribution is -2.03. The standard InChI is InChI=1S/C10H8Cl2N2O2/c1-14-10(16)8(9(15)13-14)6-3-2-5(11)4-7(6)12/h2-4,16H,1H3,(H,13,15). The molecule has 1 aromatic carbocycles. The highest BCUT2D eigenvalue weighted by molar-refractivity contribution is 6.36. The van der Waals surface area contributed by atoms with Crippen LogP contribution in [0.2, 0.25) is 10.0 Å². The Morgan fingerprint density at radius 1 is 1.38 bits per heavy atom. The molecule has 2 rings (SSSR count). The molecular weight excluding hydrogens is 251 g/mol. The predicted octanol–water partition coefficient (Wildman–Crippen LogP) is 2.39. The van der Waals surface area contributed by atoms with E-state index in [1.807, 2.05) is 0 Å². The first-order chi connectivity index (χ1) is 7.50. The molecule has 2 N–H and O–H groups in total. The van der Waals surface area contributed by atoms with Crippen molar-refractivity contribution in [2.75, 3.05) is 0 Å². The molecule has 0 spiro atoms. The number of aromatic hydroxyl groups is 1. The van der Waals surface area contributed by atoms with E-state index in [1.165, 1.54) is 17.8 Å². The molecule has 84 valence electrons. The number of nitrogens with one attached hydrogen (secondary N) is 1. The summed E-state index contributed by atoms with van der Waals surface area (Å²) in [6.45, 7) is 0. The zero-order chi connectivity index (χ0) is 11.9. The maximum Gasteiger partial charge on any atom is 0.276 e. The van der Waals surface area contributed by atoms with E-state index in [0.29, 0.717) is 15.6 Å². The number of hydrogen-bond donors (Lipinski definition) is 2. The van der Waals surface area contributed by atoms with Crippen LogP contribution in [0.25, 0.3) is 11.1 Å². The first-order valence-corrected chi connectivity index (χ1v) is 5.19. The Bertz CT molecular complexity index is 601. The van der Waals surface area contributed by atoms with Crippen LogP contribution in [-0.4, -0.2) is 14.9 Å². The molecule has 0 atom stereocenters. The summed E-state index contributed by atoms with van der Waals surface area (Å²) in [6.07, 6.45) is 0. The topological polar surface area (TPSA) is 58.0 Å². The van der Waals surface area contributed by atoms with Crippen LogP contribution >= 0.6 is 23.2 Å². The van der Waals surface area contributed by atoms with Crippen molar-refractivity contribution < 1.29 is 5.11 Å². The second kappa shape index (κ2) is 3.88. The summed E-state index contributed by atoms with van der Waals surface area (Å²) in [5, 5.41) is 12.9. The van der Waals surface area contributed by atoms with Crippen molar-refractivity contribution in [2.45, 2.75) is 0 Å². The SMILES string of the molecule is Cn1[nH]c(=O)c(-c2ccc(Cl)cc2Cl)c1O. The summed E-state index contributed by atoms with van der Waals surface area (Å²) in [7, 11) is 1.53. The van der Waals surface area contributed by atoms with Crippen molar-refractivity contribution in [3.8, 4) is 17.0 Å². The van der Waals surface area contributed by atoms with Crippen LogP contribution in [-0.2, 0) is 7.05 Å². The largest absolute Gasteiger partial charge is 0.493 e. The molecule has 2 aromatic rings. The minimum absolute atomic E-state index is 0.143. The third-order valence-electron chi connectivity index (χ3n) is 2.24. The maximum absolute atomic E-state index is 11.6. The van der Waals surface area contributed by atoms with Crippen molar-refractivity contribution in [3.63, 3.8) is 0 Å². The van der Waals surface area contributed by atoms with E-state index in [0.717, 1.165) is 0 Å². The summed E-state index contributed by atoms with van der Waals surface area (Å²) < 4.78 is 1.22. The van der Waals surface area contributed by atoms with Crippen molar-refractivity contribution in [1.29, 1.82) is 0 Å². The van der Waals surface area contributed by atoms with E-state index in [1.54, 1.807) is 12.1 Å². The van der Waals surface area contributed by atoms with Crippen molar-refractivity contribution in [2.24, 2.45) is 7.05 Å². The van der Waals surface area contributed by atoms with Gasteiger partial charge in [-0.25, -0.2) is 0 Å². The molecule has 0 aliphatic carbocycles. The Kier molecular flexibility index (Phi) is 2.69. The summed E-state index contributed by atoms with van der Waals surface area (Å²) in [6, 6.07) is 4.72. The number of aromatic nitrogens is 2. The second-order valence-corrected chi connectivity index (χ2v) is 4.17. The summed E-state index contributed by atoms with van der Waals surface area (Å²) in [5.41, 5.74) is 0.193. The molecule has 6 heteroatoms. The number of hydrogen-bond acceptors (Lipinski definition) is 2. The monoisotopic (exact) mass is 258 g/mol. The van der Waals surface area contributed by atoms with Gasteiger partial charge in [0, 0.05) is 17.6 Å². The van der Waals surface area contributed by atoms with E-state index < -0.39 is 5.56 Å². The van der Waals surface area contributed by atoms with Crippen molar-refractivity contribution in [1.82, 2.24) is 9.78 Å². The molecule has 0 saturated carbocycles. The van der Waals surface area contributed by atoms with Crippen LogP contribution < -0.4 is 5.56 Å². The Morgan fingerprint density at radius 2 is 2.06 bits per heavy atom. The fourth-order valence-electron chi connectivity index (χ4n) is 1.47. The molecule has 0 aliphatic heterocycles. The first-order valence-electron chi connectivity index (χ1n) is 4.44. The number of rotatable bonds is 1. The lowest BCUT2D eigenvalue weighted by molar-refractivity contribution is 0.420. The molecule has 0 bridgehead atoms. The number of halogens is 2. The van der Waals surface area contributed by atoms with Crippen LogP contribution in [0, 0.1) is 0 Å². The van der Waals surface area contributed by atoms with Gasteiger partial charge in [0.15, 0.2) is 0 Å². The summed E-state index contributed by atoms with van der Waals surface area (Å²) in [4.78, 5) is 11.6. The molecule has 4 nitrogen and oxygen atoms in total. The van der Waals surface area contributed by atoms with Crippen molar-refractivity contribution >= 4 is 23.2 Å². The molecule has 0 amide bonds. The highest BCUT2D eigenvalue weighted by atomic mass is 35.5. The number of benzene rings is 1. The first kappa shape index (κ1) is 11.1. The van der Waals surface area contributed by atoms with Crippen LogP contribution in [0.1, 0.15) is 0 Å². The van der Waals surface area contributed by atoms with Gasteiger partial charge in [-0.1, -0.05) is 29.3 Å². The number of nitrogens with zero attached hydrogens (tertiary/aromatic N) is 1. The normalized spacial score (nSPS) is 10.7. The zero-order valence-electron chi connectivity index (χ0n) is 8.29. The van der Waals surface area contributed by atoms with Crippen molar-refractivity contribution in [3.05, 3.63) is 38.6 Å². The Labute approximate surface area is 101 Å². The fraction of sp³-hybridized carbons (Fsp3) is 0.100. The lowest BCUT2D eigenvalue weighted by atomic mass is 10.1. The maximum atomic E-state index is 11.6. The summed E-state index contributed by atoms with van der Waals surface area (Å²) >= 11 is 11.7. The highest BCUT2D eigenvalue weighted by Crippen LogP contribution is 2.32. The van der Waals surface area contributed by atoms with E-state index >= 15 is 0 Å². The van der Waals surface area contributed by atoms with Gasteiger partial charge in [-0.3, -0.25) is 14.6 Å². The van der Waals surface area contributed by atoms with Gasteiger partial charge in [0.05, 0.1) is 5.02 Å². The third kappa shape index (κ3) is 1.70. The van der Waals surface area contributed by atoms with Gasteiger partial charge in [0.2, 0.25) is 5.88 Å². The quantitative estimate of drug-likeness (QED) is 0.826. The molecule has 1 aromatic heterocycles. The fourth-order valence-corrected chi connectivity index (χ4v) is 1.97. The van der Waals surface area contributed by atoms with Crippen LogP contribution in [0.4, 0.5) is 0 Å². The lowest BCUT2D eigenvalue weighted by Gasteiger charge is -2.02. The van der Waals surface area contributed by atoms with Gasteiger partial charge < -0.3 is 5.11 Å². The predicted molar refractivity (Wildman–Crippen MR) is 63.2 cm³/mol. The molecule has 1 heterocycles. The van der Waals surface area contributed by atoms with Gasteiger partial charge >= 0.3 is 0 Å². The minimum Gasteiger partial charge on any atom is -0.493 e. The smallest absolute Gasteiger partial charge is 0.276 e. The van der Waals surface area contributed by atoms with Gasteiger partial charge in [-0.15, -0.1) is 0 Å². The third-order valence-corrected chi connectivity index (χ3v) is 2.79. The van der Waals surface area contributed by atoms with Gasteiger partial charge in [0.1, 0.15) is 5.56 Å². The van der Waals surface area contributed by atoms with Gasteiger partial charge in [-0.05, 0) is 12.1 Å². The molecule has 0 fully saturated rings. The van der Waals surface area contributed by atoms with Crippen LogP contribution in [0.15, 0.2) is 23.0 Å². The Balaban J connectivity index is 2.72. The number of H-pyrrole nitrogens is 1. The molecule has 0 saturated heterocycles. The Morgan fingerprint density at radius 3 is 2.56 bits per heavy atom. The average Bonchev–Trinajstić information content (AvgIpc) is 2.43. The van der Waals surface area contributed by atoms with E-state index in [9.17, 15) is 9.90 Å². The van der Waals surface area contributed by atoms with Gasteiger partial charge in [0.25, 0.3) is 5.56 Å². The van der Waals surface area contributed by atoms with Crippen LogP contribution in [0.3, 0.4) is 0 Å². The van der Waals surface area contributed by atoms with Crippen LogP contribution in [0.5, 0.6) is 5.88 Å². The molecule has 0 radical (unpaired) electrons.